The fourth-order valence-electron chi connectivity index (χ4n) is 1.80. The van der Waals surface area contributed by atoms with Gasteiger partial charge in [0, 0.05) is 46.7 Å². The second kappa shape index (κ2) is 9.67. The number of carbonyl (C=O) groups is 1. The Balaban J connectivity index is 2.47. The molecule has 0 saturated heterocycles. The Labute approximate surface area is 141 Å². The molecule has 1 atom stereocenters. The topological polar surface area (TPSA) is 67.4 Å². The summed E-state index contributed by atoms with van der Waals surface area (Å²) in [6, 6.07) is 7.23. The van der Waals surface area contributed by atoms with Crippen LogP contribution in [0.4, 0.5) is 10.5 Å². The Hall–Kier alpha value is -1.40. The van der Waals surface area contributed by atoms with Crippen LogP contribution >= 0.6 is 0 Å². The molecule has 0 heterocycles. The van der Waals surface area contributed by atoms with E-state index in [0.717, 1.165) is 12.0 Å². The molecule has 0 bridgehead atoms. The van der Waals surface area contributed by atoms with E-state index in [-0.39, 0.29) is 10.8 Å². The highest BCUT2D eigenvalue weighted by Gasteiger charge is 2.19. The number of anilines is 1. The number of hydrogen-bond donors (Lipinski definition) is 2. The maximum atomic E-state index is 12.2. The average Bonchev–Trinajstić information content (AvgIpc) is 2.46. The summed E-state index contributed by atoms with van der Waals surface area (Å²) in [7, 11) is -0.960. The molecule has 0 aliphatic heterocycles. The number of ether oxygens (including phenoxy) is 1. The zero-order valence-electron chi connectivity index (χ0n) is 14.5. The van der Waals surface area contributed by atoms with Crippen LogP contribution in [0.3, 0.4) is 0 Å². The van der Waals surface area contributed by atoms with Gasteiger partial charge in [-0.15, -0.1) is 0 Å². The number of urea groups is 1. The largest absolute Gasteiger partial charge is 0.382 e. The lowest BCUT2D eigenvalue weighted by Crippen LogP contribution is -2.30. The summed E-state index contributed by atoms with van der Waals surface area (Å²) in [5.41, 5.74) is 1.66. The van der Waals surface area contributed by atoms with Crippen LogP contribution in [-0.4, -0.2) is 34.7 Å². The normalized spacial score (nSPS) is 12.7. The van der Waals surface area contributed by atoms with Gasteiger partial charge in [0.15, 0.2) is 0 Å². The molecule has 0 spiro atoms. The fraction of sp³-hybridized carbons (Fsp3) is 0.588. The van der Waals surface area contributed by atoms with E-state index in [9.17, 15) is 9.00 Å². The second-order valence-corrected chi connectivity index (χ2v) is 8.44. The second-order valence-electron chi connectivity index (χ2n) is 6.23. The lowest BCUT2D eigenvalue weighted by atomic mass is 10.2. The van der Waals surface area contributed by atoms with Crippen LogP contribution in [0.15, 0.2) is 24.3 Å². The molecule has 0 radical (unpaired) electrons. The number of benzene rings is 1. The summed E-state index contributed by atoms with van der Waals surface area (Å²) in [5.74, 6) is 0.481. The minimum absolute atomic E-state index is 0.240. The number of carbonyl (C=O) groups excluding carboxylic acids is 1. The molecule has 0 aliphatic rings. The lowest BCUT2D eigenvalue weighted by molar-refractivity contribution is 0.145. The van der Waals surface area contributed by atoms with Gasteiger partial charge >= 0.3 is 6.03 Å². The van der Waals surface area contributed by atoms with Gasteiger partial charge in [0.05, 0.1) is 0 Å². The lowest BCUT2D eigenvalue weighted by Gasteiger charge is -2.18. The summed E-state index contributed by atoms with van der Waals surface area (Å²) < 4.78 is 17.2. The molecule has 5 nitrogen and oxygen atoms in total. The zero-order chi connectivity index (χ0) is 17.3. The van der Waals surface area contributed by atoms with Crippen LogP contribution in [-0.2, 0) is 21.3 Å². The Morgan fingerprint density at radius 3 is 2.70 bits per heavy atom. The molecule has 6 heteroatoms. The molecule has 0 aliphatic carbocycles. The molecule has 1 aromatic carbocycles. The van der Waals surface area contributed by atoms with Crippen molar-refractivity contribution >= 4 is 22.5 Å². The Bertz CT molecular complexity index is 527. The van der Waals surface area contributed by atoms with Crippen LogP contribution in [0.25, 0.3) is 0 Å². The molecule has 0 aromatic heterocycles. The summed E-state index contributed by atoms with van der Waals surface area (Å²) in [6.07, 6.45) is 0.784. The summed E-state index contributed by atoms with van der Waals surface area (Å²) in [4.78, 5) is 11.8. The van der Waals surface area contributed by atoms with Crippen molar-refractivity contribution in [2.75, 3.05) is 25.1 Å². The van der Waals surface area contributed by atoms with Gasteiger partial charge in [-0.05, 0) is 51.8 Å². The summed E-state index contributed by atoms with van der Waals surface area (Å²) >= 11 is 0. The number of hydrogen-bond acceptors (Lipinski definition) is 3. The molecule has 1 aromatic rings. The molecule has 0 fully saturated rings. The minimum Gasteiger partial charge on any atom is -0.382 e. The minimum atomic E-state index is -0.960. The van der Waals surface area contributed by atoms with Crippen molar-refractivity contribution in [3.05, 3.63) is 29.8 Å². The quantitative estimate of drug-likeness (QED) is 0.714. The highest BCUT2D eigenvalue weighted by molar-refractivity contribution is 7.85. The molecule has 0 saturated carbocycles. The van der Waals surface area contributed by atoms with E-state index in [4.69, 9.17) is 4.74 Å². The Morgan fingerprint density at radius 2 is 2.04 bits per heavy atom. The fourth-order valence-corrected chi connectivity index (χ4v) is 2.72. The first-order valence-electron chi connectivity index (χ1n) is 7.93. The van der Waals surface area contributed by atoms with E-state index in [1.807, 2.05) is 52.0 Å². The van der Waals surface area contributed by atoms with Crippen molar-refractivity contribution in [3.8, 4) is 0 Å². The van der Waals surface area contributed by atoms with Crippen LogP contribution in [0.5, 0.6) is 0 Å². The van der Waals surface area contributed by atoms with E-state index < -0.39 is 10.8 Å². The van der Waals surface area contributed by atoms with Gasteiger partial charge < -0.3 is 15.4 Å². The van der Waals surface area contributed by atoms with Crippen LogP contribution in [0.1, 0.15) is 39.7 Å². The Morgan fingerprint density at radius 1 is 1.30 bits per heavy atom. The predicted octanol–water partition coefficient (Wildman–Crippen LogP) is 3.28. The number of nitrogens with one attached hydrogen (secondary N) is 2. The van der Waals surface area contributed by atoms with Gasteiger partial charge in [0.2, 0.25) is 0 Å². The molecule has 130 valence electrons. The molecule has 23 heavy (non-hydrogen) atoms. The maximum Gasteiger partial charge on any atom is 0.319 e. The zero-order valence-corrected chi connectivity index (χ0v) is 15.3. The van der Waals surface area contributed by atoms with Gasteiger partial charge in [-0.3, -0.25) is 4.21 Å². The van der Waals surface area contributed by atoms with E-state index in [1.165, 1.54) is 0 Å². The summed E-state index contributed by atoms with van der Waals surface area (Å²) in [6.45, 7) is 9.72. The first kappa shape index (κ1) is 19.6. The van der Waals surface area contributed by atoms with Crippen molar-refractivity contribution in [3.63, 3.8) is 0 Å². The molecular formula is C17H28N2O3S. The van der Waals surface area contributed by atoms with E-state index in [2.05, 4.69) is 10.6 Å². The first-order chi connectivity index (χ1) is 10.8. The maximum absolute atomic E-state index is 12.2. The highest BCUT2D eigenvalue weighted by Crippen LogP contribution is 2.18. The van der Waals surface area contributed by atoms with Gasteiger partial charge in [0.1, 0.15) is 0 Å². The number of rotatable bonds is 8. The van der Waals surface area contributed by atoms with Gasteiger partial charge in [-0.25, -0.2) is 4.79 Å². The van der Waals surface area contributed by atoms with Crippen LogP contribution in [0, 0.1) is 0 Å². The molecule has 1 rings (SSSR count). The standard InChI is InChI=1S/C17H28N2O3S/c1-5-22-11-7-10-18-16(20)19-15-9-6-8-14(12-15)13-23(21)17(2,3)4/h6,8-9,12H,5,7,10-11,13H2,1-4H3,(H2,18,19,20)/t23-/m1/s1. The third-order valence-electron chi connectivity index (χ3n) is 3.12. The Kier molecular flexibility index (Phi) is 8.26. The number of amides is 2. The van der Waals surface area contributed by atoms with Crippen molar-refractivity contribution in [2.24, 2.45) is 0 Å². The van der Waals surface area contributed by atoms with Crippen LogP contribution < -0.4 is 10.6 Å². The van der Waals surface area contributed by atoms with Gasteiger partial charge in [0.25, 0.3) is 0 Å². The van der Waals surface area contributed by atoms with Crippen LogP contribution in [0.2, 0.25) is 0 Å². The third-order valence-corrected chi connectivity index (χ3v) is 5.08. The van der Waals surface area contributed by atoms with Gasteiger partial charge in [-0.1, -0.05) is 12.1 Å². The molecule has 2 amide bonds. The predicted molar refractivity (Wildman–Crippen MR) is 96.2 cm³/mol. The highest BCUT2D eigenvalue weighted by atomic mass is 32.2. The first-order valence-corrected chi connectivity index (χ1v) is 9.25. The molecule has 0 unspecified atom stereocenters. The monoisotopic (exact) mass is 340 g/mol. The van der Waals surface area contributed by atoms with E-state index >= 15 is 0 Å². The molecular weight excluding hydrogens is 312 g/mol. The third kappa shape index (κ3) is 8.13. The van der Waals surface area contributed by atoms with E-state index in [1.54, 1.807) is 0 Å². The van der Waals surface area contributed by atoms with Crippen molar-refractivity contribution < 1.29 is 13.7 Å². The van der Waals surface area contributed by atoms with Crippen molar-refractivity contribution in [1.82, 2.24) is 5.32 Å². The van der Waals surface area contributed by atoms with Crippen molar-refractivity contribution in [2.45, 2.75) is 44.6 Å². The van der Waals surface area contributed by atoms with Crippen molar-refractivity contribution in [1.29, 1.82) is 0 Å². The molecule has 2 N–H and O–H groups in total. The average molecular weight is 340 g/mol. The smallest absolute Gasteiger partial charge is 0.319 e. The SMILES string of the molecule is CCOCCCNC(=O)Nc1cccc(C[S@@](=O)C(C)(C)C)c1. The summed E-state index contributed by atoms with van der Waals surface area (Å²) in [5, 5.41) is 5.58. The van der Waals surface area contributed by atoms with Gasteiger partial charge in [-0.2, -0.15) is 0 Å². The van der Waals surface area contributed by atoms with E-state index in [0.29, 0.717) is 31.2 Å².